The molecule has 3 aliphatic carbocycles. The fourth-order valence-electron chi connectivity index (χ4n) is 5.26. The van der Waals surface area contributed by atoms with E-state index in [0.717, 1.165) is 30.4 Å². The predicted molar refractivity (Wildman–Crippen MR) is 113 cm³/mol. The monoisotopic (exact) mass is 510 g/mol. The van der Waals surface area contributed by atoms with E-state index in [4.69, 9.17) is 0 Å². The van der Waals surface area contributed by atoms with Gasteiger partial charge in [-0.25, -0.2) is 0 Å². The second kappa shape index (κ2) is 10.6. The van der Waals surface area contributed by atoms with Gasteiger partial charge in [0.2, 0.25) is 0 Å². The number of halogens is 2. The average molecular weight is 513 g/mol. The summed E-state index contributed by atoms with van der Waals surface area (Å²) in [4.78, 5) is 0. The minimum atomic E-state index is -0.549. The van der Waals surface area contributed by atoms with Crippen LogP contribution in [-0.4, -0.2) is 11.3 Å². The van der Waals surface area contributed by atoms with Gasteiger partial charge < -0.3 is 24.8 Å². The molecule has 0 aromatic heterocycles. The van der Waals surface area contributed by atoms with E-state index in [1.54, 1.807) is 5.56 Å². The van der Waals surface area contributed by atoms with Crippen molar-refractivity contribution in [3.8, 4) is 0 Å². The van der Waals surface area contributed by atoms with Gasteiger partial charge in [-0.3, -0.25) is 0 Å². The van der Waals surface area contributed by atoms with Crippen LogP contribution in [0.4, 0.5) is 0 Å². The fraction of sp³-hybridized carbons (Fsp3) is 0.500. The van der Waals surface area contributed by atoms with Crippen molar-refractivity contribution in [3.63, 3.8) is 0 Å². The Morgan fingerprint density at radius 1 is 0.929 bits per heavy atom. The van der Waals surface area contributed by atoms with Crippen molar-refractivity contribution >= 4 is 14.0 Å². The van der Waals surface area contributed by atoms with Crippen molar-refractivity contribution in [2.24, 2.45) is 11.8 Å². The first-order chi connectivity index (χ1) is 12.6. The summed E-state index contributed by atoms with van der Waals surface area (Å²) >= 11 is -0.549. The van der Waals surface area contributed by atoms with Gasteiger partial charge in [0, 0.05) is 0 Å². The molecule has 150 valence electrons. The summed E-state index contributed by atoms with van der Waals surface area (Å²) in [6.45, 7) is 9.82. The van der Waals surface area contributed by atoms with Gasteiger partial charge in [-0.15, -0.1) is 0 Å². The van der Waals surface area contributed by atoms with E-state index in [0.29, 0.717) is 0 Å². The number of fused-ring (bicyclic) bond motifs is 2. The predicted octanol–water partition coefficient (Wildman–Crippen LogP) is 1.41. The van der Waals surface area contributed by atoms with E-state index >= 15 is 0 Å². The maximum absolute atomic E-state index is 2.62. The Kier molecular flexibility index (Phi) is 9.29. The van der Waals surface area contributed by atoms with Crippen molar-refractivity contribution in [1.29, 1.82) is 0 Å². The molecule has 4 unspecified atom stereocenters. The van der Waals surface area contributed by atoms with Gasteiger partial charge in [0.15, 0.2) is 0 Å². The molecule has 4 rings (SSSR count). The molecular formula is C24H31Cl2PZr. The fourth-order valence-corrected chi connectivity index (χ4v) is 14.9. The van der Waals surface area contributed by atoms with Gasteiger partial charge in [0.05, 0.1) is 0 Å². The van der Waals surface area contributed by atoms with Crippen molar-refractivity contribution in [1.82, 2.24) is 0 Å². The third-order valence-electron chi connectivity index (χ3n) is 6.27. The summed E-state index contributed by atoms with van der Waals surface area (Å²) in [5, 5.41) is 1.86. The Morgan fingerprint density at radius 2 is 1.61 bits per heavy atom. The van der Waals surface area contributed by atoms with Crippen LogP contribution in [0.15, 0.2) is 53.9 Å². The molecule has 1 aromatic rings. The zero-order chi connectivity index (χ0) is 18.3. The number of benzene rings is 1. The zero-order valence-corrected chi connectivity index (χ0v) is 22.1. The Morgan fingerprint density at radius 3 is 2.32 bits per heavy atom. The molecule has 4 heteroatoms. The second-order valence-corrected chi connectivity index (χ2v) is 16.0. The number of rotatable bonds is 5. The summed E-state index contributed by atoms with van der Waals surface area (Å²) in [7, 11) is -0.0333. The van der Waals surface area contributed by atoms with Crippen LogP contribution in [0.3, 0.4) is 0 Å². The van der Waals surface area contributed by atoms with E-state index in [-0.39, 0.29) is 32.7 Å². The molecule has 0 heterocycles. The van der Waals surface area contributed by atoms with E-state index in [2.05, 4.69) is 82.3 Å². The number of hydrogen-bond donors (Lipinski definition) is 0. The van der Waals surface area contributed by atoms with Crippen molar-refractivity contribution in [2.75, 3.05) is 0 Å². The minimum absolute atomic E-state index is 0. The second-order valence-electron chi connectivity index (χ2n) is 8.59. The molecule has 0 nitrogen and oxygen atoms in total. The maximum Gasteiger partial charge on any atom is -1.00 e. The molecule has 0 saturated heterocycles. The molecule has 28 heavy (non-hydrogen) atoms. The molecule has 0 radical (unpaired) electrons. The van der Waals surface area contributed by atoms with Crippen LogP contribution in [0.2, 0.25) is 3.63 Å². The van der Waals surface area contributed by atoms with Gasteiger partial charge >= 0.3 is 173 Å². The first kappa shape index (κ1) is 24.6. The molecule has 3 aliphatic rings. The molecule has 0 spiro atoms. The molecule has 1 saturated carbocycles. The largest absolute Gasteiger partial charge is 1.00 e. The first-order valence-corrected chi connectivity index (χ1v) is 14.6. The molecule has 4 atom stereocenters. The molecule has 0 aliphatic heterocycles. The van der Waals surface area contributed by atoms with Crippen molar-refractivity contribution in [3.05, 3.63) is 65.0 Å². The Bertz CT molecular complexity index is 745. The van der Waals surface area contributed by atoms with Gasteiger partial charge in [-0.2, -0.15) is 0 Å². The van der Waals surface area contributed by atoms with Crippen LogP contribution >= 0.6 is 7.92 Å². The average Bonchev–Trinajstić information content (AvgIpc) is 3.17. The van der Waals surface area contributed by atoms with Gasteiger partial charge in [-0.1, -0.05) is 0 Å². The van der Waals surface area contributed by atoms with Crippen LogP contribution in [-0.2, 0) is 23.2 Å². The number of hydrogen-bond acceptors (Lipinski definition) is 0. The minimum Gasteiger partial charge on any atom is -1.00 e. The standard InChI is InChI=1S/C15H20P.C9H11.2ClH.Zr/c1-11(2)16(12(3)4)15-9-13-7-5-6-8-14(13)10-15;1-2-5-9-7-3-6-8(9)4-1;;;/h5-12H,1-4H3;1-2,4-6,8-9H,3,7H2;2*1H;/q;;;;+2/p-2. The molecule has 1 fully saturated rings. The smallest absolute Gasteiger partial charge is 1.00 e. The maximum atomic E-state index is 2.62. The van der Waals surface area contributed by atoms with Gasteiger partial charge in [-0.05, 0) is 0 Å². The quantitative estimate of drug-likeness (QED) is 0.524. The Balaban J connectivity index is 0.00000140. The molecule has 0 bridgehead atoms. The Hall–Kier alpha value is 0.333. The summed E-state index contributed by atoms with van der Waals surface area (Å²) in [6, 6.07) is 9.31. The normalized spacial score (nSPS) is 27.2. The SMILES string of the molecule is CC(C)P(C1=Cc2ccccc2[CH]1[Zr+2][CH]1CCC2C=CC=CC21)C(C)C.[Cl-].[Cl-]. The van der Waals surface area contributed by atoms with Crippen LogP contribution in [0.25, 0.3) is 6.08 Å². The molecule has 1 aromatic carbocycles. The molecule has 0 N–H and O–H groups in total. The summed E-state index contributed by atoms with van der Waals surface area (Å²) in [5.74, 6) is 1.69. The summed E-state index contributed by atoms with van der Waals surface area (Å²) in [6.07, 6.45) is 15.1. The number of allylic oxidation sites excluding steroid dienone is 5. The third kappa shape index (κ3) is 4.80. The first-order valence-electron chi connectivity index (χ1n) is 10.3. The third-order valence-corrected chi connectivity index (χ3v) is 15.1. The summed E-state index contributed by atoms with van der Waals surface area (Å²) < 4.78 is 1.84. The molecule has 0 amide bonds. The van der Waals surface area contributed by atoms with Gasteiger partial charge in [0.1, 0.15) is 0 Å². The van der Waals surface area contributed by atoms with Crippen LogP contribution in [0.1, 0.15) is 55.3 Å². The summed E-state index contributed by atoms with van der Waals surface area (Å²) in [5.41, 5.74) is 4.81. The van der Waals surface area contributed by atoms with Crippen LogP contribution in [0, 0.1) is 11.8 Å². The van der Waals surface area contributed by atoms with Crippen molar-refractivity contribution in [2.45, 2.75) is 59.1 Å². The van der Waals surface area contributed by atoms with E-state index < -0.39 is 23.2 Å². The molecular weight excluding hydrogens is 481 g/mol. The topological polar surface area (TPSA) is 0 Å². The van der Waals surface area contributed by atoms with Crippen LogP contribution in [0.5, 0.6) is 0 Å². The van der Waals surface area contributed by atoms with Crippen LogP contribution < -0.4 is 24.8 Å². The Labute approximate surface area is 196 Å². The van der Waals surface area contributed by atoms with E-state index in [9.17, 15) is 0 Å². The zero-order valence-electron chi connectivity index (χ0n) is 17.3. The van der Waals surface area contributed by atoms with E-state index in [1.807, 2.05) is 5.31 Å². The van der Waals surface area contributed by atoms with Crippen molar-refractivity contribution < 1.29 is 48.0 Å². The van der Waals surface area contributed by atoms with Gasteiger partial charge in [0.25, 0.3) is 0 Å². The van der Waals surface area contributed by atoms with E-state index in [1.165, 1.54) is 18.4 Å².